The molecule has 4 heterocycles. The summed E-state index contributed by atoms with van der Waals surface area (Å²) in [6.07, 6.45) is 5.12. The Labute approximate surface area is 159 Å². The van der Waals surface area contributed by atoms with Gasteiger partial charge in [-0.3, -0.25) is 19.0 Å². The first-order valence-corrected chi connectivity index (χ1v) is 10.6. The van der Waals surface area contributed by atoms with Gasteiger partial charge < -0.3 is 5.11 Å². The van der Waals surface area contributed by atoms with Gasteiger partial charge in [-0.15, -0.1) is 0 Å². The van der Waals surface area contributed by atoms with Crippen molar-refractivity contribution in [2.45, 2.75) is 38.3 Å². The maximum Gasteiger partial charge on any atom is 0.394 e. The number of hydrogen-bond donors (Lipinski definition) is 3. The van der Waals surface area contributed by atoms with E-state index in [0.717, 1.165) is 47.8 Å². The quantitative estimate of drug-likeness (QED) is 0.686. The third-order valence-electron chi connectivity index (χ3n) is 5.83. The van der Waals surface area contributed by atoms with Crippen LogP contribution in [-0.4, -0.2) is 51.6 Å². The zero-order valence-corrected chi connectivity index (χ0v) is 16.1. The zero-order chi connectivity index (χ0) is 19.6. The normalized spacial score (nSPS) is 28.4. The second-order valence-corrected chi connectivity index (χ2v) is 8.22. The Bertz CT molecular complexity index is 875. The lowest BCUT2D eigenvalue weighted by molar-refractivity contribution is -0.0562. The van der Waals surface area contributed by atoms with Crippen LogP contribution >= 0.6 is 0 Å². The van der Waals surface area contributed by atoms with Crippen LogP contribution in [-0.2, 0) is 10.4 Å². The van der Waals surface area contributed by atoms with Crippen molar-refractivity contribution in [1.82, 2.24) is 9.88 Å². The molecule has 2 aromatic rings. The highest BCUT2D eigenvalue weighted by molar-refractivity contribution is 7.79. The van der Waals surface area contributed by atoms with Crippen molar-refractivity contribution in [1.29, 1.82) is 0 Å². The molecule has 27 heavy (non-hydrogen) atoms. The van der Waals surface area contributed by atoms with Crippen molar-refractivity contribution in [3.8, 4) is 0 Å². The topological polar surface area (TPSA) is 111 Å². The van der Waals surface area contributed by atoms with Gasteiger partial charge in [-0.2, -0.15) is 8.42 Å². The van der Waals surface area contributed by atoms with Crippen molar-refractivity contribution in [2.75, 3.05) is 13.1 Å². The summed E-state index contributed by atoms with van der Waals surface area (Å²) in [5, 5.41) is 12.1. The Morgan fingerprint density at radius 1 is 1.26 bits per heavy atom. The van der Waals surface area contributed by atoms with Gasteiger partial charge in [0.2, 0.25) is 0 Å². The molecule has 3 aliphatic rings. The Morgan fingerprint density at radius 3 is 2.59 bits per heavy atom. The molecule has 0 spiro atoms. The average Bonchev–Trinajstić information content (AvgIpc) is 2.66. The van der Waals surface area contributed by atoms with Gasteiger partial charge in [-0.25, -0.2) is 0 Å². The molecular weight excluding hydrogens is 368 g/mol. The molecule has 8 heteroatoms. The molecule has 5 rings (SSSR count). The van der Waals surface area contributed by atoms with Gasteiger partial charge in [0.05, 0.1) is 11.6 Å². The third-order valence-corrected chi connectivity index (χ3v) is 5.83. The Balaban J connectivity index is 0.000000376. The van der Waals surface area contributed by atoms with Crippen molar-refractivity contribution in [3.05, 3.63) is 42.1 Å². The SMILES string of the molecule is CC[C@H]1C[N@]2CC[C@H]1C[C@@H]2[C@@H](O)c1ccnc2ccccc12.O=S(=O)(O)O. The molecule has 3 saturated heterocycles. The largest absolute Gasteiger partial charge is 0.394 e. The Morgan fingerprint density at radius 2 is 1.96 bits per heavy atom. The highest BCUT2D eigenvalue weighted by atomic mass is 32.3. The Kier molecular flexibility index (Phi) is 6.12. The number of aliphatic hydroxyl groups is 1. The van der Waals surface area contributed by atoms with Gasteiger partial charge in [-0.1, -0.05) is 31.5 Å². The van der Waals surface area contributed by atoms with Crippen LogP contribution < -0.4 is 0 Å². The van der Waals surface area contributed by atoms with E-state index in [9.17, 15) is 5.11 Å². The summed E-state index contributed by atoms with van der Waals surface area (Å²) in [4.78, 5) is 6.94. The number of hydrogen-bond acceptors (Lipinski definition) is 5. The van der Waals surface area contributed by atoms with E-state index in [1.807, 2.05) is 30.5 Å². The van der Waals surface area contributed by atoms with Crippen LogP contribution in [0.1, 0.15) is 37.9 Å². The van der Waals surface area contributed by atoms with E-state index in [4.69, 9.17) is 17.5 Å². The van der Waals surface area contributed by atoms with E-state index in [1.54, 1.807) is 0 Å². The maximum atomic E-state index is 11.1. The minimum absolute atomic E-state index is 0.271. The van der Waals surface area contributed by atoms with Gasteiger partial charge in [0.1, 0.15) is 0 Å². The number of para-hydroxylation sites is 1. The molecule has 3 N–H and O–H groups in total. The summed E-state index contributed by atoms with van der Waals surface area (Å²) >= 11 is 0. The van der Waals surface area contributed by atoms with E-state index in [-0.39, 0.29) is 6.04 Å². The zero-order valence-electron chi connectivity index (χ0n) is 15.3. The van der Waals surface area contributed by atoms with Gasteiger partial charge >= 0.3 is 10.4 Å². The van der Waals surface area contributed by atoms with Crippen molar-refractivity contribution < 1.29 is 22.6 Å². The average molecular weight is 394 g/mol. The number of rotatable bonds is 3. The number of benzene rings is 1. The summed E-state index contributed by atoms with van der Waals surface area (Å²) in [6.45, 7) is 4.60. The van der Waals surface area contributed by atoms with Crippen molar-refractivity contribution >= 4 is 21.3 Å². The molecule has 7 nitrogen and oxygen atoms in total. The van der Waals surface area contributed by atoms with Crippen LogP contribution in [0.5, 0.6) is 0 Å². The predicted molar refractivity (Wildman–Crippen MR) is 103 cm³/mol. The van der Waals surface area contributed by atoms with Gasteiger partial charge in [0.15, 0.2) is 0 Å². The summed E-state index contributed by atoms with van der Waals surface area (Å²) in [5.41, 5.74) is 2.01. The standard InChI is InChI=1S/C19H24N2O.H2O4S/c1-2-13-12-21-10-8-14(13)11-18(21)19(22)16-7-9-20-17-6-4-3-5-15(16)17;1-5(2,3)4/h3-7,9,13-14,18-19,22H,2,8,10-12H2,1H3;(H2,1,2,3,4)/t13-,14-,18+,19-;/m0./s1. The summed E-state index contributed by atoms with van der Waals surface area (Å²) in [5.74, 6) is 1.62. The van der Waals surface area contributed by atoms with E-state index >= 15 is 0 Å². The molecule has 1 aromatic heterocycles. The molecule has 0 amide bonds. The number of aliphatic hydroxyl groups excluding tert-OH is 1. The fraction of sp³-hybridized carbons (Fsp3) is 0.526. The minimum atomic E-state index is -4.67. The van der Waals surface area contributed by atoms with Crippen LogP contribution in [0.3, 0.4) is 0 Å². The monoisotopic (exact) mass is 394 g/mol. The molecule has 2 bridgehead atoms. The minimum Gasteiger partial charge on any atom is -0.387 e. The lowest BCUT2D eigenvalue weighted by Gasteiger charge is -2.51. The fourth-order valence-electron chi connectivity index (χ4n) is 4.55. The lowest BCUT2D eigenvalue weighted by atomic mass is 9.72. The number of nitrogens with zero attached hydrogens (tertiary/aromatic N) is 2. The molecular formula is C19H26N2O5S. The first-order valence-electron chi connectivity index (χ1n) is 9.23. The molecule has 0 aliphatic carbocycles. The van der Waals surface area contributed by atoms with Crippen LogP contribution in [0, 0.1) is 11.8 Å². The first-order chi connectivity index (χ1) is 12.8. The smallest absolute Gasteiger partial charge is 0.387 e. The second kappa shape index (κ2) is 8.20. The van der Waals surface area contributed by atoms with Crippen LogP contribution in [0.15, 0.2) is 36.5 Å². The molecule has 0 radical (unpaired) electrons. The molecule has 0 unspecified atom stereocenters. The number of pyridine rings is 1. The number of fused-ring (bicyclic) bond motifs is 4. The number of aromatic nitrogens is 1. The predicted octanol–water partition coefficient (Wildman–Crippen LogP) is 2.74. The van der Waals surface area contributed by atoms with Gasteiger partial charge in [-0.05, 0) is 48.9 Å². The van der Waals surface area contributed by atoms with E-state index in [0.29, 0.717) is 0 Å². The molecule has 5 atom stereocenters. The summed E-state index contributed by atoms with van der Waals surface area (Å²) < 4.78 is 31.6. The lowest BCUT2D eigenvalue weighted by Crippen LogP contribution is -2.55. The number of piperidine rings is 3. The molecule has 1 aromatic carbocycles. The van der Waals surface area contributed by atoms with Crippen LogP contribution in [0.2, 0.25) is 0 Å². The Hall–Kier alpha value is -1.58. The fourth-order valence-corrected chi connectivity index (χ4v) is 4.55. The molecule has 0 saturated carbocycles. The molecule has 148 valence electrons. The van der Waals surface area contributed by atoms with Gasteiger partial charge in [0.25, 0.3) is 0 Å². The van der Waals surface area contributed by atoms with Crippen LogP contribution in [0.4, 0.5) is 0 Å². The highest BCUT2D eigenvalue weighted by Crippen LogP contribution is 2.42. The van der Waals surface area contributed by atoms with E-state index in [1.165, 1.54) is 12.8 Å². The molecule has 3 fully saturated rings. The maximum absolute atomic E-state index is 11.1. The second-order valence-electron chi connectivity index (χ2n) is 7.33. The summed E-state index contributed by atoms with van der Waals surface area (Å²) in [6, 6.07) is 10.4. The van der Waals surface area contributed by atoms with Gasteiger partial charge in [0, 0.05) is 24.2 Å². The van der Waals surface area contributed by atoms with E-state index < -0.39 is 16.5 Å². The molecule has 3 aliphatic heterocycles. The van der Waals surface area contributed by atoms with E-state index in [2.05, 4.69) is 22.9 Å². The summed E-state index contributed by atoms with van der Waals surface area (Å²) in [7, 11) is -4.67. The first kappa shape index (κ1) is 20.2. The third kappa shape index (κ3) is 4.83. The highest BCUT2D eigenvalue weighted by Gasteiger charge is 2.42. The van der Waals surface area contributed by atoms with Crippen LogP contribution in [0.25, 0.3) is 10.9 Å². The van der Waals surface area contributed by atoms with Crippen molar-refractivity contribution in [3.63, 3.8) is 0 Å². The van der Waals surface area contributed by atoms with Crippen molar-refractivity contribution in [2.24, 2.45) is 11.8 Å².